The number of benzene rings is 1. The predicted molar refractivity (Wildman–Crippen MR) is 99.3 cm³/mol. The molecule has 128 valence electrons. The number of aromatic nitrogens is 3. The molecule has 0 unspecified atom stereocenters. The lowest BCUT2D eigenvalue weighted by Gasteiger charge is -2.03. The Morgan fingerprint density at radius 1 is 1.24 bits per heavy atom. The van der Waals surface area contributed by atoms with Crippen molar-refractivity contribution in [3.8, 4) is 0 Å². The van der Waals surface area contributed by atoms with Gasteiger partial charge in [0.15, 0.2) is 5.78 Å². The van der Waals surface area contributed by atoms with Gasteiger partial charge in [-0.3, -0.25) is 14.7 Å². The van der Waals surface area contributed by atoms with Gasteiger partial charge in [-0.25, -0.2) is 4.98 Å². The average Bonchev–Trinajstić information content (AvgIpc) is 3.25. The molecule has 3 aromatic rings. The smallest absolute Gasteiger partial charge is 0.221 e. The molecule has 0 aliphatic carbocycles. The molecule has 0 fully saturated rings. The third kappa shape index (κ3) is 5.01. The van der Waals surface area contributed by atoms with Crippen LogP contribution in [0.4, 0.5) is 5.69 Å². The van der Waals surface area contributed by atoms with E-state index in [0.717, 1.165) is 5.82 Å². The van der Waals surface area contributed by atoms with Gasteiger partial charge < -0.3 is 5.32 Å². The van der Waals surface area contributed by atoms with Crippen LogP contribution in [-0.4, -0.2) is 32.6 Å². The summed E-state index contributed by atoms with van der Waals surface area (Å²) in [5, 5.41) is 12.3. The first kappa shape index (κ1) is 17.4. The van der Waals surface area contributed by atoms with Crippen LogP contribution in [0.5, 0.6) is 0 Å². The number of hydrogen-bond acceptors (Lipinski definition) is 6. The first-order chi connectivity index (χ1) is 12.1. The topological polar surface area (TPSA) is 87.7 Å². The molecule has 0 radical (unpaired) electrons. The molecule has 1 aromatic carbocycles. The molecule has 2 aromatic heterocycles. The van der Waals surface area contributed by atoms with Crippen LogP contribution in [0, 0.1) is 0 Å². The summed E-state index contributed by atoms with van der Waals surface area (Å²) in [6.07, 6.45) is 0.712. The number of nitrogens with one attached hydrogen (secondary N) is 2. The zero-order valence-corrected chi connectivity index (χ0v) is 15.1. The number of nitrogens with zero attached hydrogens (tertiary/aromatic N) is 2. The van der Waals surface area contributed by atoms with Crippen molar-refractivity contribution in [3.05, 3.63) is 58.0 Å². The van der Waals surface area contributed by atoms with Crippen LogP contribution in [-0.2, 0) is 11.2 Å². The standard InChI is InChI=1S/C17H16N4O2S2/c1-11(22)18-13-6-4-12(5-7-13)15(23)10-25-17-19-16(20-21-17)9-14-3-2-8-24-14/h2-8H,9-10H2,1H3,(H,18,22)(H,19,20,21). The monoisotopic (exact) mass is 372 g/mol. The molecule has 0 bridgehead atoms. The molecular weight excluding hydrogens is 356 g/mol. The largest absolute Gasteiger partial charge is 0.326 e. The van der Waals surface area contributed by atoms with Gasteiger partial charge in [0.1, 0.15) is 5.82 Å². The highest BCUT2D eigenvalue weighted by atomic mass is 32.2. The van der Waals surface area contributed by atoms with E-state index in [1.165, 1.54) is 23.6 Å². The van der Waals surface area contributed by atoms with Crippen LogP contribution in [0.15, 0.2) is 46.9 Å². The Kier molecular flexibility index (Phi) is 5.62. The van der Waals surface area contributed by atoms with E-state index in [1.54, 1.807) is 35.6 Å². The lowest BCUT2D eigenvalue weighted by molar-refractivity contribution is -0.114. The zero-order valence-electron chi connectivity index (χ0n) is 13.5. The van der Waals surface area contributed by atoms with Crippen LogP contribution in [0.3, 0.4) is 0 Å². The number of ketones is 1. The molecule has 0 aliphatic rings. The van der Waals surface area contributed by atoms with E-state index in [4.69, 9.17) is 0 Å². The van der Waals surface area contributed by atoms with Crippen molar-refractivity contribution in [2.24, 2.45) is 0 Å². The molecule has 8 heteroatoms. The predicted octanol–water partition coefficient (Wildman–Crippen LogP) is 3.39. The summed E-state index contributed by atoms with van der Waals surface area (Å²) in [5.74, 6) is 0.897. The van der Waals surface area contributed by atoms with Gasteiger partial charge in [-0.1, -0.05) is 17.8 Å². The lowest BCUT2D eigenvalue weighted by atomic mass is 10.1. The number of rotatable bonds is 7. The second kappa shape index (κ2) is 8.09. The molecule has 0 aliphatic heterocycles. The van der Waals surface area contributed by atoms with Crippen LogP contribution in [0.1, 0.15) is 28.0 Å². The van der Waals surface area contributed by atoms with E-state index < -0.39 is 0 Å². The molecule has 0 atom stereocenters. The van der Waals surface area contributed by atoms with Gasteiger partial charge in [0.25, 0.3) is 0 Å². The Hall–Kier alpha value is -2.45. The number of carbonyl (C=O) groups is 2. The highest BCUT2D eigenvalue weighted by Crippen LogP contribution is 2.18. The van der Waals surface area contributed by atoms with Crippen molar-refractivity contribution in [1.82, 2.24) is 15.2 Å². The molecule has 6 nitrogen and oxygen atoms in total. The highest BCUT2D eigenvalue weighted by Gasteiger charge is 2.10. The van der Waals surface area contributed by atoms with Gasteiger partial charge in [0.05, 0.1) is 5.75 Å². The van der Waals surface area contributed by atoms with Gasteiger partial charge in [-0.05, 0) is 35.7 Å². The Bertz CT molecular complexity index is 857. The minimum absolute atomic E-state index is 0.0102. The lowest BCUT2D eigenvalue weighted by Crippen LogP contribution is -2.07. The normalized spacial score (nSPS) is 10.6. The van der Waals surface area contributed by atoms with Crippen LogP contribution in [0.2, 0.25) is 0 Å². The minimum atomic E-state index is -0.141. The van der Waals surface area contributed by atoms with Gasteiger partial charge in [0.2, 0.25) is 11.1 Å². The average molecular weight is 372 g/mol. The number of H-pyrrole nitrogens is 1. The van der Waals surface area contributed by atoms with Gasteiger partial charge >= 0.3 is 0 Å². The molecule has 0 saturated carbocycles. The molecule has 25 heavy (non-hydrogen) atoms. The van der Waals surface area contributed by atoms with E-state index >= 15 is 0 Å². The molecule has 1 amide bonds. The third-order valence-corrected chi connectivity index (χ3v) is 5.02. The molecule has 2 N–H and O–H groups in total. The second-order valence-corrected chi connectivity index (χ2v) is 7.27. The maximum atomic E-state index is 12.2. The summed E-state index contributed by atoms with van der Waals surface area (Å²) in [6, 6.07) is 10.9. The van der Waals surface area contributed by atoms with Crippen LogP contribution in [0.25, 0.3) is 0 Å². The molecule has 2 heterocycles. The summed E-state index contributed by atoms with van der Waals surface area (Å²) < 4.78 is 0. The number of carbonyl (C=O) groups excluding carboxylic acids is 2. The fourth-order valence-corrected chi connectivity index (χ4v) is 3.58. The van der Waals surface area contributed by atoms with Crippen molar-refractivity contribution in [2.75, 3.05) is 11.1 Å². The Balaban J connectivity index is 1.53. The molecule has 0 saturated heterocycles. The summed E-state index contributed by atoms with van der Waals surface area (Å²) in [6.45, 7) is 1.44. The Morgan fingerprint density at radius 2 is 2.04 bits per heavy atom. The maximum Gasteiger partial charge on any atom is 0.221 e. The maximum absolute atomic E-state index is 12.2. The number of anilines is 1. The number of thiophene rings is 1. The fraction of sp³-hybridized carbons (Fsp3) is 0.176. The SMILES string of the molecule is CC(=O)Nc1ccc(C(=O)CSc2n[nH]c(Cc3cccs3)n2)cc1. The second-order valence-electron chi connectivity index (χ2n) is 5.29. The molecule has 0 spiro atoms. The molecule has 3 rings (SSSR count). The summed E-state index contributed by atoms with van der Waals surface area (Å²) in [7, 11) is 0. The van der Waals surface area contributed by atoms with E-state index in [2.05, 4.69) is 20.5 Å². The Labute approximate surface area is 153 Å². The highest BCUT2D eigenvalue weighted by molar-refractivity contribution is 7.99. The van der Waals surface area contributed by atoms with Crippen molar-refractivity contribution in [3.63, 3.8) is 0 Å². The number of hydrogen-bond donors (Lipinski definition) is 2. The quantitative estimate of drug-likeness (QED) is 0.490. The van der Waals surface area contributed by atoms with Gasteiger partial charge in [-0.15, -0.1) is 16.4 Å². The number of aromatic amines is 1. The number of Topliss-reactive ketones (excluding diaryl/α,β-unsaturated/α-hetero) is 1. The Morgan fingerprint density at radius 3 is 2.72 bits per heavy atom. The molecular formula is C17H16N4O2S2. The first-order valence-corrected chi connectivity index (χ1v) is 9.44. The summed E-state index contributed by atoms with van der Waals surface area (Å²) in [5.41, 5.74) is 1.26. The number of amides is 1. The van der Waals surface area contributed by atoms with Crippen LogP contribution < -0.4 is 5.32 Å². The zero-order chi connectivity index (χ0) is 17.6. The van der Waals surface area contributed by atoms with Crippen molar-refractivity contribution >= 4 is 40.5 Å². The number of thioether (sulfide) groups is 1. The first-order valence-electron chi connectivity index (χ1n) is 7.57. The van der Waals surface area contributed by atoms with Crippen molar-refractivity contribution in [2.45, 2.75) is 18.5 Å². The van der Waals surface area contributed by atoms with E-state index in [1.807, 2.05) is 17.5 Å². The summed E-state index contributed by atoms with van der Waals surface area (Å²) in [4.78, 5) is 28.8. The van der Waals surface area contributed by atoms with Gasteiger partial charge in [-0.2, -0.15) is 0 Å². The third-order valence-electron chi connectivity index (χ3n) is 3.29. The van der Waals surface area contributed by atoms with Crippen molar-refractivity contribution < 1.29 is 9.59 Å². The summed E-state index contributed by atoms with van der Waals surface area (Å²) >= 11 is 2.97. The van der Waals surface area contributed by atoms with Crippen molar-refractivity contribution in [1.29, 1.82) is 0 Å². The van der Waals surface area contributed by atoms with Crippen LogP contribution >= 0.6 is 23.1 Å². The van der Waals surface area contributed by atoms with E-state index in [0.29, 0.717) is 22.8 Å². The fourth-order valence-electron chi connectivity index (χ4n) is 2.16. The van der Waals surface area contributed by atoms with Gasteiger partial charge in [0, 0.05) is 29.5 Å². The van der Waals surface area contributed by atoms with E-state index in [9.17, 15) is 9.59 Å². The minimum Gasteiger partial charge on any atom is -0.326 e. The van der Waals surface area contributed by atoms with E-state index in [-0.39, 0.29) is 17.4 Å².